The van der Waals surface area contributed by atoms with E-state index in [1.165, 1.54) is 36.2 Å². The number of anilines is 1. The van der Waals surface area contributed by atoms with Gasteiger partial charge in [-0.05, 0) is 18.2 Å². The minimum atomic E-state index is -1.07. The number of nitrogens with two attached hydrogens (primary N) is 1. The number of nitrogens with one attached hydrogen (secondary N) is 1. The Labute approximate surface area is 106 Å². The van der Waals surface area contributed by atoms with Crippen LogP contribution in [0.3, 0.4) is 0 Å². The predicted molar refractivity (Wildman–Crippen MR) is 66.8 cm³/mol. The molecule has 2 rings (SSSR count). The van der Waals surface area contributed by atoms with Gasteiger partial charge in [-0.1, -0.05) is 11.8 Å². The lowest BCUT2D eigenvalue weighted by atomic mass is 10.2. The van der Waals surface area contributed by atoms with Crippen molar-refractivity contribution in [3.63, 3.8) is 0 Å². The van der Waals surface area contributed by atoms with Crippen molar-refractivity contribution in [2.45, 2.75) is 10.1 Å². The van der Waals surface area contributed by atoms with E-state index in [1.54, 1.807) is 6.07 Å². The van der Waals surface area contributed by atoms with Crippen molar-refractivity contribution in [1.29, 1.82) is 0 Å². The van der Waals surface area contributed by atoms with E-state index in [-0.39, 0.29) is 16.8 Å². The van der Waals surface area contributed by atoms with Gasteiger partial charge in [0.05, 0.1) is 5.56 Å². The molecule has 0 saturated heterocycles. The number of carboxylic acids is 1. The summed E-state index contributed by atoms with van der Waals surface area (Å²) in [6, 6.07) is 5.87. The largest absolute Gasteiger partial charge is 0.478 e. The second kappa shape index (κ2) is 4.92. The van der Waals surface area contributed by atoms with Crippen LogP contribution in [0.2, 0.25) is 0 Å². The van der Waals surface area contributed by atoms with Crippen molar-refractivity contribution >= 4 is 23.4 Å². The average Bonchev–Trinajstić information content (AvgIpc) is 2.28. The summed E-state index contributed by atoms with van der Waals surface area (Å²) in [5, 5.41) is 9.26. The number of benzene rings is 1. The standard InChI is InChI=1S/C11H9N3O3S/c12-8-5-6(1-2-7(8)10(16)17)18-11-13-4-3-9(15)14-11/h1-5H,12H2,(H,16,17)(H,13,14,15). The Balaban J connectivity index is 2.28. The molecule has 7 heteroatoms. The van der Waals surface area contributed by atoms with Gasteiger partial charge in [-0.15, -0.1) is 0 Å². The van der Waals surface area contributed by atoms with Crippen LogP contribution < -0.4 is 11.3 Å². The fourth-order valence-corrected chi connectivity index (χ4v) is 2.12. The Hall–Kier alpha value is -2.28. The van der Waals surface area contributed by atoms with Gasteiger partial charge < -0.3 is 15.8 Å². The lowest BCUT2D eigenvalue weighted by Crippen LogP contribution is -2.05. The molecule has 0 fully saturated rings. The van der Waals surface area contributed by atoms with Crippen LogP contribution in [0, 0.1) is 0 Å². The Kier molecular flexibility index (Phi) is 3.33. The zero-order valence-corrected chi connectivity index (χ0v) is 9.90. The maximum Gasteiger partial charge on any atom is 0.337 e. The fourth-order valence-electron chi connectivity index (χ4n) is 1.31. The highest BCUT2D eigenvalue weighted by Crippen LogP contribution is 2.26. The number of hydrogen-bond donors (Lipinski definition) is 3. The van der Waals surface area contributed by atoms with Crippen molar-refractivity contribution in [2.24, 2.45) is 0 Å². The third-order valence-corrected chi connectivity index (χ3v) is 3.01. The summed E-state index contributed by atoms with van der Waals surface area (Å²) in [5.41, 5.74) is 5.59. The van der Waals surface area contributed by atoms with Gasteiger partial charge in [0.1, 0.15) is 0 Å². The highest BCUT2D eigenvalue weighted by Gasteiger charge is 2.09. The Bertz CT molecular complexity index is 654. The van der Waals surface area contributed by atoms with Gasteiger partial charge in [-0.25, -0.2) is 9.78 Å². The smallest absolute Gasteiger partial charge is 0.337 e. The Morgan fingerprint density at radius 1 is 1.39 bits per heavy atom. The first-order chi connectivity index (χ1) is 8.56. The lowest BCUT2D eigenvalue weighted by Gasteiger charge is -2.04. The van der Waals surface area contributed by atoms with Gasteiger partial charge in [-0.3, -0.25) is 4.79 Å². The number of aromatic nitrogens is 2. The van der Waals surface area contributed by atoms with E-state index >= 15 is 0 Å². The second-order valence-electron chi connectivity index (χ2n) is 3.40. The average molecular weight is 263 g/mol. The van der Waals surface area contributed by atoms with Crippen LogP contribution in [0.4, 0.5) is 5.69 Å². The number of hydrogen-bond acceptors (Lipinski definition) is 5. The molecule has 92 valence electrons. The van der Waals surface area contributed by atoms with Crippen LogP contribution in [0.25, 0.3) is 0 Å². The zero-order chi connectivity index (χ0) is 13.1. The van der Waals surface area contributed by atoms with Crippen LogP contribution in [0.5, 0.6) is 0 Å². The Morgan fingerprint density at radius 2 is 2.17 bits per heavy atom. The molecule has 2 aromatic rings. The van der Waals surface area contributed by atoms with E-state index in [1.807, 2.05) is 0 Å². The number of carboxylic acid groups (broad SMARTS) is 1. The molecule has 1 aromatic heterocycles. The van der Waals surface area contributed by atoms with Crippen molar-refractivity contribution < 1.29 is 9.90 Å². The highest BCUT2D eigenvalue weighted by molar-refractivity contribution is 7.99. The molecule has 0 saturated carbocycles. The number of nitrogen functional groups attached to an aromatic ring is 1. The molecule has 0 unspecified atom stereocenters. The molecule has 6 nitrogen and oxygen atoms in total. The van der Waals surface area contributed by atoms with Gasteiger partial charge in [-0.2, -0.15) is 0 Å². The lowest BCUT2D eigenvalue weighted by molar-refractivity contribution is 0.0698. The Morgan fingerprint density at radius 3 is 2.78 bits per heavy atom. The van der Waals surface area contributed by atoms with Crippen LogP contribution in [-0.2, 0) is 0 Å². The van der Waals surface area contributed by atoms with Gasteiger partial charge >= 0.3 is 5.97 Å². The third-order valence-electron chi connectivity index (χ3n) is 2.12. The molecule has 0 bridgehead atoms. The molecule has 0 amide bonds. The van der Waals surface area contributed by atoms with Crippen LogP contribution in [-0.4, -0.2) is 21.0 Å². The molecule has 0 aliphatic heterocycles. The summed E-state index contributed by atoms with van der Waals surface area (Å²) < 4.78 is 0. The van der Waals surface area contributed by atoms with Crippen molar-refractivity contribution in [1.82, 2.24) is 9.97 Å². The minimum absolute atomic E-state index is 0.0499. The molecule has 0 spiro atoms. The summed E-state index contributed by atoms with van der Waals surface area (Å²) in [5.74, 6) is -1.07. The maximum atomic E-state index is 11.1. The van der Waals surface area contributed by atoms with Crippen molar-refractivity contribution in [3.05, 3.63) is 46.4 Å². The summed E-state index contributed by atoms with van der Waals surface area (Å²) in [6.45, 7) is 0. The van der Waals surface area contributed by atoms with E-state index in [0.717, 1.165) is 0 Å². The van der Waals surface area contributed by atoms with Gasteiger partial charge in [0.2, 0.25) is 0 Å². The van der Waals surface area contributed by atoms with Gasteiger partial charge in [0, 0.05) is 22.8 Å². The summed E-state index contributed by atoms with van der Waals surface area (Å²) in [6.07, 6.45) is 1.40. The second-order valence-corrected chi connectivity index (χ2v) is 4.46. The molecular formula is C11H9N3O3S. The third kappa shape index (κ3) is 2.69. The number of nitrogens with zero attached hydrogens (tertiary/aromatic N) is 1. The number of rotatable bonds is 3. The number of aromatic carboxylic acids is 1. The van der Waals surface area contributed by atoms with Crippen LogP contribution in [0.1, 0.15) is 10.4 Å². The molecule has 1 heterocycles. The molecule has 0 aliphatic rings. The molecule has 1 aromatic carbocycles. The molecule has 18 heavy (non-hydrogen) atoms. The zero-order valence-electron chi connectivity index (χ0n) is 9.08. The molecule has 0 atom stereocenters. The number of H-pyrrole nitrogens is 1. The van der Waals surface area contributed by atoms with Crippen LogP contribution >= 0.6 is 11.8 Å². The topological polar surface area (TPSA) is 109 Å². The SMILES string of the molecule is Nc1cc(Sc2nccc(=O)[nH]2)ccc1C(=O)O. The van der Waals surface area contributed by atoms with Crippen molar-refractivity contribution in [2.75, 3.05) is 5.73 Å². The van der Waals surface area contributed by atoms with E-state index in [2.05, 4.69) is 9.97 Å². The first-order valence-electron chi connectivity index (χ1n) is 4.92. The molecule has 4 N–H and O–H groups in total. The van der Waals surface area contributed by atoms with E-state index in [9.17, 15) is 9.59 Å². The van der Waals surface area contributed by atoms with Gasteiger partial charge in [0.25, 0.3) is 5.56 Å². The van der Waals surface area contributed by atoms with Crippen LogP contribution in [0.15, 0.2) is 45.3 Å². The predicted octanol–water partition coefficient (Wildman–Crippen LogP) is 1.20. The highest BCUT2D eigenvalue weighted by atomic mass is 32.2. The number of aromatic amines is 1. The summed E-state index contributed by atoms with van der Waals surface area (Å²) in [7, 11) is 0. The normalized spacial score (nSPS) is 10.2. The summed E-state index contributed by atoms with van der Waals surface area (Å²) >= 11 is 1.20. The quantitative estimate of drug-likeness (QED) is 0.567. The first-order valence-corrected chi connectivity index (χ1v) is 5.74. The summed E-state index contributed by atoms with van der Waals surface area (Å²) in [4.78, 5) is 29.1. The number of carbonyl (C=O) groups is 1. The monoisotopic (exact) mass is 263 g/mol. The fraction of sp³-hybridized carbons (Fsp3) is 0. The molecular weight excluding hydrogens is 254 g/mol. The maximum absolute atomic E-state index is 11.1. The van der Waals surface area contributed by atoms with Gasteiger partial charge in [0.15, 0.2) is 5.16 Å². The van der Waals surface area contributed by atoms with Crippen molar-refractivity contribution in [3.8, 4) is 0 Å². The molecule has 0 radical (unpaired) electrons. The minimum Gasteiger partial charge on any atom is -0.478 e. The van der Waals surface area contributed by atoms with E-state index < -0.39 is 5.97 Å². The first kappa shape index (κ1) is 12.2. The van der Waals surface area contributed by atoms with E-state index in [0.29, 0.717) is 10.1 Å². The van der Waals surface area contributed by atoms with E-state index in [4.69, 9.17) is 10.8 Å². The molecule has 0 aliphatic carbocycles.